The van der Waals surface area contributed by atoms with Gasteiger partial charge in [0.05, 0.1) is 11.1 Å². The molecule has 23 heavy (non-hydrogen) atoms. The Morgan fingerprint density at radius 3 is 2.78 bits per heavy atom. The van der Waals surface area contributed by atoms with E-state index >= 15 is 0 Å². The second-order valence-electron chi connectivity index (χ2n) is 6.17. The minimum atomic E-state index is -0.459. The van der Waals surface area contributed by atoms with Crippen LogP contribution in [0.15, 0.2) is 24.4 Å². The molecule has 0 spiro atoms. The zero-order chi connectivity index (χ0) is 16.0. The summed E-state index contributed by atoms with van der Waals surface area (Å²) in [5, 5.41) is 7.01. The Bertz CT molecular complexity index is 817. The van der Waals surface area contributed by atoms with Gasteiger partial charge in [0.1, 0.15) is 6.04 Å². The molecule has 1 saturated carbocycles. The predicted molar refractivity (Wildman–Crippen MR) is 87.6 cm³/mol. The molecule has 2 heterocycles. The molecule has 0 unspecified atom stereocenters. The topological polar surface area (TPSA) is 71.1 Å². The second-order valence-corrected chi connectivity index (χ2v) is 6.58. The average molecular weight is 330 g/mol. The average Bonchev–Trinajstić information content (AvgIpc) is 3.30. The number of halogens is 1. The van der Waals surface area contributed by atoms with E-state index in [0.29, 0.717) is 24.4 Å². The molecule has 2 N–H and O–H groups in total. The van der Waals surface area contributed by atoms with Crippen molar-refractivity contribution in [2.75, 3.05) is 6.54 Å². The largest absolute Gasteiger partial charge is 0.354 e. The fraction of sp³-hybridized carbons (Fsp3) is 0.353. The Labute approximate surface area is 138 Å². The van der Waals surface area contributed by atoms with E-state index in [4.69, 9.17) is 11.6 Å². The molecule has 2 aromatic rings. The Balaban J connectivity index is 1.61. The first kappa shape index (κ1) is 14.5. The summed E-state index contributed by atoms with van der Waals surface area (Å²) in [7, 11) is 0. The second kappa shape index (κ2) is 5.49. The van der Waals surface area contributed by atoms with Crippen molar-refractivity contribution >= 4 is 34.3 Å². The number of aromatic nitrogens is 1. The molecule has 0 radical (unpaired) electrons. The van der Waals surface area contributed by atoms with E-state index in [9.17, 15) is 9.59 Å². The molecule has 0 bridgehead atoms. The lowest BCUT2D eigenvalue weighted by Gasteiger charge is -2.11. The Morgan fingerprint density at radius 1 is 1.26 bits per heavy atom. The molecule has 1 saturated heterocycles. The molecule has 1 aromatic heterocycles. The lowest BCUT2D eigenvalue weighted by molar-refractivity contribution is -0.120. The van der Waals surface area contributed by atoms with Gasteiger partial charge < -0.3 is 10.6 Å². The van der Waals surface area contributed by atoms with Crippen molar-refractivity contribution in [3.8, 4) is 0 Å². The van der Waals surface area contributed by atoms with E-state index in [2.05, 4.69) is 15.6 Å². The molecular weight excluding hydrogens is 314 g/mol. The summed E-state index contributed by atoms with van der Waals surface area (Å²) < 4.78 is 0. The molecule has 1 aromatic carbocycles. The molecule has 1 atom stereocenters. The number of carbonyl (C=O) groups is 2. The van der Waals surface area contributed by atoms with Crippen LogP contribution in [0.2, 0.25) is 5.02 Å². The number of carbonyl (C=O) groups excluding carboxylic acids is 2. The van der Waals surface area contributed by atoms with Crippen LogP contribution in [0.4, 0.5) is 0 Å². The molecule has 5 nitrogen and oxygen atoms in total. The van der Waals surface area contributed by atoms with Crippen LogP contribution in [-0.2, 0) is 4.79 Å². The van der Waals surface area contributed by atoms with Gasteiger partial charge in [-0.05, 0) is 48.9 Å². The van der Waals surface area contributed by atoms with Gasteiger partial charge in [0.2, 0.25) is 5.91 Å². The van der Waals surface area contributed by atoms with Gasteiger partial charge in [-0.25, -0.2) is 0 Å². The lowest BCUT2D eigenvalue weighted by atomic mass is 10.1. The summed E-state index contributed by atoms with van der Waals surface area (Å²) in [6, 6.07) is 5.20. The van der Waals surface area contributed by atoms with Gasteiger partial charge in [-0.2, -0.15) is 0 Å². The van der Waals surface area contributed by atoms with E-state index in [1.165, 1.54) is 12.8 Å². The number of pyridine rings is 1. The van der Waals surface area contributed by atoms with Crippen LogP contribution in [-0.4, -0.2) is 29.4 Å². The first-order valence-corrected chi connectivity index (χ1v) is 8.17. The van der Waals surface area contributed by atoms with Crippen molar-refractivity contribution in [1.29, 1.82) is 0 Å². The number of nitrogens with one attached hydrogen (secondary N) is 2. The Morgan fingerprint density at radius 2 is 2.09 bits per heavy atom. The molecule has 6 heteroatoms. The molecular formula is C17H16ClN3O2. The quantitative estimate of drug-likeness (QED) is 0.908. The van der Waals surface area contributed by atoms with E-state index in [1.54, 1.807) is 12.3 Å². The van der Waals surface area contributed by atoms with Crippen molar-refractivity contribution in [3.05, 3.63) is 40.5 Å². The molecule has 118 valence electrons. The van der Waals surface area contributed by atoms with Crippen molar-refractivity contribution in [2.45, 2.75) is 31.2 Å². The van der Waals surface area contributed by atoms with Crippen LogP contribution in [0.3, 0.4) is 0 Å². The summed E-state index contributed by atoms with van der Waals surface area (Å²) in [5.74, 6) is 0.130. The number of nitrogens with zero attached hydrogens (tertiary/aromatic N) is 1. The summed E-state index contributed by atoms with van der Waals surface area (Å²) in [6.45, 7) is 0.597. The number of benzene rings is 1. The van der Waals surface area contributed by atoms with E-state index in [-0.39, 0.29) is 11.8 Å². The van der Waals surface area contributed by atoms with Crippen LogP contribution in [0.1, 0.15) is 41.1 Å². The van der Waals surface area contributed by atoms with Gasteiger partial charge in [0, 0.05) is 23.2 Å². The molecule has 2 aliphatic rings. The maximum absolute atomic E-state index is 12.3. The predicted octanol–water partition coefficient (Wildman–Crippen LogP) is 2.38. The molecule has 1 aliphatic heterocycles. The summed E-state index contributed by atoms with van der Waals surface area (Å²) in [4.78, 5) is 28.2. The van der Waals surface area contributed by atoms with Gasteiger partial charge >= 0.3 is 0 Å². The van der Waals surface area contributed by atoms with Gasteiger partial charge in [0.15, 0.2) is 0 Å². The zero-order valence-electron chi connectivity index (χ0n) is 12.4. The highest BCUT2D eigenvalue weighted by atomic mass is 35.5. The first-order chi connectivity index (χ1) is 11.1. The number of hydrogen-bond donors (Lipinski definition) is 2. The Hall–Kier alpha value is -2.14. The molecule has 2 fully saturated rings. The van der Waals surface area contributed by atoms with Gasteiger partial charge in [-0.3, -0.25) is 14.6 Å². The van der Waals surface area contributed by atoms with Crippen molar-refractivity contribution < 1.29 is 9.59 Å². The smallest absolute Gasteiger partial charge is 0.253 e. The maximum atomic E-state index is 12.3. The third kappa shape index (κ3) is 2.77. The number of rotatable bonds is 3. The maximum Gasteiger partial charge on any atom is 0.253 e. The number of hydrogen-bond acceptors (Lipinski definition) is 3. The highest BCUT2D eigenvalue weighted by Crippen LogP contribution is 2.44. The minimum absolute atomic E-state index is 0.135. The zero-order valence-corrected chi connectivity index (χ0v) is 13.2. The van der Waals surface area contributed by atoms with Crippen molar-refractivity contribution in [1.82, 2.24) is 15.6 Å². The van der Waals surface area contributed by atoms with Gasteiger partial charge in [-0.1, -0.05) is 11.6 Å². The van der Waals surface area contributed by atoms with Crippen LogP contribution >= 0.6 is 11.6 Å². The highest BCUT2D eigenvalue weighted by Gasteiger charge is 2.27. The third-order valence-electron chi connectivity index (χ3n) is 4.43. The summed E-state index contributed by atoms with van der Waals surface area (Å²) in [6.07, 6.45) is 4.52. The number of fused-ring (bicyclic) bond motifs is 1. The van der Waals surface area contributed by atoms with Crippen molar-refractivity contribution in [3.63, 3.8) is 0 Å². The lowest BCUT2D eigenvalue weighted by Crippen LogP contribution is -2.40. The SMILES string of the molecule is O=C(N[C@H]1CCNC1=O)c1cnc2cc(C3CC3)c(Cl)cc2c1. The normalized spacial score (nSPS) is 20.6. The first-order valence-electron chi connectivity index (χ1n) is 7.79. The standard InChI is InChI=1S/C17H16ClN3O2/c18-13-6-10-5-11(16(22)21-14-3-4-19-17(14)23)8-20-15(10)7-12(13)9-1-2-9/h5-9,14H,1-4H2,(H,19,23)(H,21,22)/t14-/m0/s1. The fourth-order valence-corrected chi connectivity index (χ4v) is 3.30. The van der Waals surface area contributed by atoms with E-state index in [1.807, 2.05) is 12.1 Å². The monoisotopic (exact) mass is 329 g/mol. The highest BCUT2D eigenvalue weighted by molar-refractivity contribution is 6.32. The fourth-order valence-electron chi connectivity index (χ4n) is 2.97. The van der Waals surface area contributed by atoms with E-state index < -0.39 is 6.04 Å². The number of amides is 2. The van der Waals surface area contributed by atoms with Gasteiger partial charge in [-0.15, -0.1) is 0 Å². The Kier molecular flexibility index (Phi) is 3.45. The summed E-state index contributed by atoms with van der Waals surface area (Å²) >= 11 is 6.35. The van der Waals surface area contributed by atoms with E-state index in [0.717, 1.165) is 21.5 Å². The van der Waals surface area contributed by atoms with Crippen LogP contribution in [0.25, 0.3) is 10.9 Å². The van der Waals surface area contributed by atoms with Gasteiger partial charge in [0.25, 0.3) is 5.91 Å². The van der Waals surface area contributed by atoms with Crippen LogP contribution < -0.4 is 10.6 Å². The summed E-state index contributed by atoms with van der Waals surface area (Å²) in [5.41, 5.74) is 2.42. The van der Waals surface area contributed by atoms with Crippen LogP contribution in [0, 0.1) is 0 Å². The van der Waals surface area contributed by atoms with Crippen molar-refractivity contribution in [2.24, 2.45) is 0 Å². The third-order valence-corrected chi connectivity index (χ3v) is 4.76. The molecule has 2 amide bonds. The van der Waals surface area contributed by atoms with Crippen LogP contribution in [0.5, 0.6) is 0 Å². The minimum Gasteiger partial charge on any atom is -0.354 e. The molecule has 1 aliphatic carbocycles. The molecule has 4 rings (SSSR count).